The lowest BCUT2D eigenvalue weighted by atomic mass is 10.0. The molecule has 1 heterocycles. The summed E-state index contributed by atoms with van der Waals surface area (Å²) in [6.45, 7) is 0.531. The van der Waals surface area contributed by atoms with Gasteiger partial charge < -0.3 is 10.1 Å². The van der Waals surface area contributed by atoms with Crippen LogP contribution in [0.15, 0.2) is 51.9 Å². The summed E-state index contributed by atoms with van der Waals surface area (Å²) < 4.78 is 6.41. The van der Waals surface area contributed by atoms with E-state index in [1.165, 1.54) is 0 Å². The van der Waals surface area contributed by atoms with E-state index in [9.17, 15) is 0 Å². The Kier molecular flexibility index (Phi) is 4.29. The first kappa shape index (κ1) is 14.6. The molecule has 0 amide bonds. The van der Waals surface area contributed by atoms with Gasteiger partial charge in [-0.15, -0.1) is 0 Å². The van der Waals surface area contributed by atoms with Crippen LogP contribution < -0.4 is 5.32 Å². The van der Waals surface area contributed by atoms with Crippen LogP contribution in [0.3, 0.4) is 0 Å². The lowest BCUT2D eigenvalue weighted by molar-refractivity contribution is 0.133. The lowest BCUT2D eigenvalue weighted by Gasteiger charge is -2.15. The van der Waals surface area contributed by atoms with Gasteiger partial charge in [-0.1, -0.05) is 45.7 Å². The van der Waals surface area contributed by atoms with E-state index in [-0.39, 0.29) is 6.23 Å². The van der Waals surface area contributed by atoms with Gasteiger partial charge in [-0.05, 0) is 24.3 Å². The smallest absolute Gasteiger partial charge is 0.147 e. The molecule has 0 aliphatic carbocycles. The molecule has 21 heavy (non-hydrogen) atoms. The average molecular weight is 366 g/mol. The minimum Gasteiger partial charge on any atom is -0.360 e. The Balaban J connectivity index is 2.18. The number of halogens is 2. The maximum absolute atomic E-state index is 6.34. The summed E-state index contributed by atoms with van der Waals surface area (Å²) in [5, 5.41) is 4.05. The quantitative estimate of drug-likeness (QED) is 0.859. The highest BCUT2D eigenvalue weighted by Crippen LogP contribution is 2.29. The summed E-state index contributed by atoms with van der Waals surface area (Å²) in [7, 11) is 1.67. The number of nitrogens with one attached hydrogen (secondary N) is 1. The first-order valence-electron chi connectivity index (χ1n) is 6.57. The molecular weight excluding hydrogens is 352 g/mol. The normalized spacial score (nSPS) is 17.5. The molecule has 1 atom stereocenters. The van der Waals surface area contributed by atoms with Gasteiger partial charge in [0.25, 0.3) is 0 Å². The summed E-state index contributed by atoms with van der Waals surface area (Å²) >= 11 is 9.86. The van der Waals surface area contributed by atoms with Crippen molar-refractivity contribution in [3.8, 4) is 0 Å². The van der Waals surface area contributed by atoms with Crippen LogP contribution in [0.1, 0.15) is 11.1 Å². The van der Waals surface area contributed by atoms with Gasteiger partial charge in [0.15, 0.2) is 0 Å². The van der Waals surface area contributed by atoms with E-state index in [2.05, 4.69) is 21.2 Å². The fourth-order valence-electron chi connectivity index (χ4n) is 2.33. The Bertz CT molecular complexity index is 702. The Hall–Kier alpha value is -1.36. The molecule has 1 aliphatic rings. The van der Waals surface area contributed by atoms with Crippen molar-refractivity contribution in [3.05, 3.63) is 63.1 Å². The third kappa shape index (κ3) is 2.98. The van der Waals surface area contributed by atoms with E-state index in [0.717, 1.165) is 27.0 Å². The fraction of sp³-hybridized carbons (Fsp3) is 0.188. The second-order valence-corrected chi connectivity index (χ2v) is 6.05. The van der Waals surface area contributed by atoms with Crippen LogP contribution >= 0.6 is 27.5 Å². The summed E-state index contributed by atoms with van der Waals surface area (Å²) in [5.74, 6) is 0. The molecule has 5 heteroatoms. The van der Waals surface area contributed by atoms with E-state index in [1.54, 1.807) is 7.11 Å². The molecule has 0 fully saturated rings. The van der Waals surface area contributed by atoms with E-state index in [1.807, 2.05) is 42.5 Å². The molecule has 0 saturated heterocycles. The number of hydrogen-bond donors (Lipinski definition) is 1. The maximum atomic E-state index is 6.34. The van der Waals surface area contributed by atoms with Crippen LogP contribution in [0.5, 0.6) is 0 Å². The summed E-state index contributed by atoms with van der Waals surface area (Å²) in [6.07, 6.45) is -0.148. The van der Waals surface area contributed by atoms with Crippen molar-refractivity contribution in [1.82, 2.24) is 0 Å². The molecule has 1 unspecified atom stereocenters. The largest absolute Gasteiger partial charge is 0.360 e. The number of methoxy groups -OCH3 is 1. The average Bonchev–Trinajstić information content (AvgIpc) is 2.67. The van der Waals surface area contributed by atoms with Crippen molar-refractivity contribution in [1.29, 1.82) is 0 Å². The predicted octanol–water partition coefficient (Wildman–Crippen LogP) is 4.34. The summed E-state index contributed by atoms with van der Waals surface area (Å²) in [5.41, 5.74) is 3.80. The molecule has 1 N–H and O–H groups in total. The number of anilines is 1. The van der Waals surface area contributed by atoms with Crippen LogP contribution in [0.25, 0.3) is 0 Å². The lowest BCUT2D eigenvalue weighted by Crippen LogP contribution is -2.23. The number of hydrogen-bond acceptors (Lipinski definition) is 3. The van der Waals surface area contributed by atoms with Gasteiger partial charge in [0.05, 0.1) is 12.3 Å². The highest BCUT2D eigenvalue weighted by molar-refractivity contribution is 9.10. The van der Waals surface area contributed by atoms with Gasteiger partial charge in [-0.2, -0.15) is 0 Å². The molecule has 0 radical (unpaired) electrons. The monoisotopic (exact) mass is 364 g/mol. The number of rotatable bonds is 2. The summed E-state index contributed by atoms with van der Waals surface area (Å²) in [6, 6.07) is 13.8. The van der Waals surface area contributed by atoms with Gasteiger partial charge in [0.2, 0.25) is 0 Å². The number of benzodiazepines with no additional fused rings is 1. The zero-order valence-electron chi connectivity index (χ0n) is 11.4. The van der Waals surface area contributed by atoms with Gasteiger partial charge in [-0.3, -0.25) is 4.99 Å². The predicted molar refractivity (Wildman–Crippen MR) is 90.5 cm³/mol. The molecule has 0 aromatic heterocycles. The van der Waals surface area contributed by atoms with Crippen LogP contribution in [0.2, 0.25) is 5.02 Å². The highest BCUT2D eigenvalue weighted by atomic mass is 79.9. The first-order valence-corrected chi connectivity index (χ1v) is 7.75. The van der Waals surface area contributed by atoms with E-state index in [0.29, 0.717) is 11.6 Å². The minimum atomic E-state index is -0.148. The van der Waals surface area contributed by atoms with Crippen LogP contribution in [-0.4, -0.2) is 25.6 Å². The van der Waals surface area contributed by atoms with Crippen molar-refractivity contribution >= 4 is 38.9 Å². The van der Waals surface area contributed by atoms with Gasteiger partial charge in [0, 0.05) is 33.4 Å². The summed E-state index contributed by atoms with van der Waals surface area (Å²) in [4.78, 5) is 4.71. The third-order valence-electron chi connectivity index (χ3n) is 3.38. The molecule has 0 spiro atoms. The second kappa shape index (κ2) is 6.18. The molecule has 2 aromatic carbocycles. The topological polar surface area (TPSA) is 33.6 Å². The van der Waals surface area contributed by atoms with Crippen LogP contribution in [-0.2, 0) is 4.74 Å². The third-order valence-corrected chi connectivity index (χ3v) is 4.20. The molecule has 3 rings (SSSR count). The van der Waals surface area contributed by atoms with Crippen molar-refractivity contribution in [2.45, 2.75) is 6.23 Å². The van der Waals surface area contributed by atoms with Crippen molar-refractivity contribution in [3.63, 3.8) is 0 Å². The molecule has 3 nitrogen and oxygen atoms in total. The van der Waals surface area contributed by atoms with Gasteiger partial charge in [0.1, 0.15) is 6.23 Å². The zero-order chi connectivity index (χ0) is 14.8. The van der Waals surface area contributed by atoms with Crippen LogP contribution in [0.4, 0.5) is 5.69 Å². The van der Waals surface area contributed by atoms with Crippen molar-refractivity contribution in [2.24, 2.45) is 4.99 Å². The second-order valence-electron chi connectivity index (χ2n) is 4.73. The Morgan fingerprint density at radius 3 is 2.81 bits per heavy atom. The van der Waals surface area contributed by atoms with Crippen molar-refractivity contribution in [2.75, 3.05) is 19.0 Å². The maximum Gasteiger partial charge on any atom is 0.147 e. The van der Waals surface area contributed by atoms with Gasteiger partial charge >= 0.3 is 0 Å². The molecule has 2 aromatic rings. The Labute approximate surface area is 137 Å². The van der Waals surface area contributed by atoms with Crippen LogP contribution in [0, 0.1) is 0 Å². The SMILES string of the molecule is COC1CN=C(c2ccccc2Cl)c2cc(Br)ccc2N1. The Morgan fingerprint density at radius 2 is 2.05 bits per heavy atom. The highest BCUT2D eigenvalue weighted by Gasteiger charge is 2.20. The zero-order valence-corrected chi connectivity index (χ0v) is 13.8. The van der Waals surface area contributed by atoms with Gasteiger partial charge in [-0.25, -0.2) is 0 Å². The minimum absolute atomic E-state index is 0.148. The number of nitrogens with zero attached hydrogens (tertiary/aromatic N) is 1. The van der Waals surface area contributed by atoms with E-state index in [4.69, 9.17) is 21.3 Å². The number of fused-ring (bicyclic) bond motifs is 1. The van der Waals surface area contributed by atoms with E-state index < -0.39 is 0 Å². The molecular formula is C16H14BrClN2O. The van der Waals surface area contributed by atoms with E-state index >= 15 is 0 Å². The number of benzene rings is 2. The number of ether oxygens (including phenoxy) is 1. The number of aliphatic imine (C=N–C) groups is 1. The molecule has 0 saturated carbocycles. The molecule has 1 aliphatic heterocycles. The first-order chi connectivity index (χ1) is 10.2. The molecule has 0 bridgehead atoms. The standard InChI is InChI=1S/C16H14BrClN2O/c1-21-15-9-19-16(11-4-2-3-5-13(11)18)12-8-10(17)6-7-14(12)20-15/h2-8,15,20H,9H2,1H3. The Morgan fingerprint density at radius 1 is 1.24 bits per heavy atom. The fourth-order valence-corrected chi connectivity index (χ4v) is 2.92. The van der Waals surface area contributed by atoms with Crippen molar-refractivity contribution < 1.29 is 4.74 Å². The molecule has 108 valence electrons.